The molecule has 3 aromatic carbocycles. The lowest BCUT2D eigenvalue weighted by atomic mass is 10.1. The van der Waals surface area contributed by atoms with Crippen LogP contribution in [0.2, 0.25) is 0 Å². The van der Waals surface area contributed by atoms with E-state index in [1.165, 1.54) is 24.2 Å². The molecule has 0 saturated heterocycles. The van der Waals surface area contributed by atoms with Gasteiger partial charge in [0.25, 0.3) is 0 Å². The number of nitrogens with zero attached hydrogens (tertiary/aromatic N) is 4. The van der Waals surface area contributed by atoms with Gasteiger partial charge in [-0.05, 0) is 36.2 Å². The normalized spacial score (nSPS) is 11.1. The van der Waals surface area contributed by atoms with E-state index in [9.17, 15) is 0 Å². The molecule has 188 valence electrons. The third kappa shape index (κ3) is 6.26. The third-order valence-electron chi connectivity index (χ3n) is 5.78. The third-order valence-corrected chi connectivity index (χ3v) is 7.82. The molecule has 9 heteroatoms. The van der Waals surface area contributed by atoms with Crippen LogP contribution in [0.25, 0.3) is 42.3 Å². The van der Waals surface area contributed by atoms with Crippen molar-refractivity contribution in [2.24, 2.45) is 0 Å². The first-order valence-corrected chi connectivity index (χ1v) is 13.7. The second-order valence-corrected chi connectivity index (χ2v) is 10.4. The number of hydrogen-bond donors (Lipinski definition) is 1. The molecular formula is C28H26N4O3S2. The summed E-state index contributed by atoms with van der Waals surface area (Å²) in [5, 5.41) is 29.5. The summed E-state index contributed by atoms with van der Waals surface area (Å²) < 4.78 is 5.81. The Morgan fingerprint density at radius 3 is 1.49 bits per heavy atom. The maximum Gasteiger partial charge on any atom is 0.148 e. The molecule has 7 nitrogen and oxygen atoms in total. The van der Waals surface area contributed by atoms with Crippen LogP contribution in [0.15, 0.2) is 72.8 Å². The SMILES string of the molecule is CCCCCOc1ccc(-c2nnc(-c3ccc(-c4nnc(-c5ccc(COO)cc5)s4)cc3)s2)cc1. The maximum atomic E-state index is 8.60. The average molecular weight is 531 g/mol. The zero-order valence-electron chi connectivity index (χ0n) is 20.3. The fourth-order valence-electron chi connectivity index (χ4n) is 3.72. The van der Waals surface area contributed by atoms with E-state index in [1.807, 2.05) is 72.8 Å². The van der Waals surface area contributed by atoms with Crippen LogP contribution in [-0.2, 0) is 11.5 Å². The van der Waals surface area contributed by atoms with Crippen LogP contribution in [0.5, 0.6) is 5.75 Å². The number of unbranched alkanes of at least 4 members (excludes halogenated alkanes) is 2. The van der Waals surface area contributed by atoms with Gasteiger partial charge in [-0.1, -0.05) is 91.0 Å². The van der Waals surface area contributed by atoms with Gasteiger partial charge in [0.2, 0.25) is 0 Å². The molecule has 0 atom stereocenters. The predicted octanol–water partition coefficient (Wildman–Crippen LogP) is 7.62. The highest BCUT2D eigenvalue weighted by Gasteiger charge is 2.12. The first kappa shape index (κ1) is 25.2. The first-order valence-electron chi connectivity index (χ1n) is 12.1. The van der Waals surface area contributed by atoms with Crippen molar-refractivity contribution in [2.75, 3.05) is 6.61 Å². The Bertz CT molecular complexity index is 1420. The first-order chi connectivity index (χ1) is 18.2. The van der Waals surface area contributed by atoms with Crippen LogP contribution in [-0.4, -0.2) is 32.3 Å². The Morgan fingerprint density at radius 2 is 1.05 bits per heavy atom. The van der Waals surface area contributed by atoms with Gasteiger partial charge in [-0.25, -0.2) is 4.89 Å². The summed E-state index contributed by atoms with van der Waals surface area (Å²) in [5.74, 6) is 0.883. The summed E-state index contributed by atoms with van der Waals surface area (Å²) in [7, 11) is 0. The molecule has 37 heavy (non-hydrogen) atoms. The molecular weight excluding hydrogens is 504 g/mol. The van der Waals surface area contributed by atoms with Gasteiger partial charge < -0.3 is 4.74 Å². The highest BCUT2D eigenvalue weighted by molar-refractivity contribution is 7.18. The molecule has 0 fully saturated rings. The molecule has 0 aliphatic rings. The standard InChI is InChI=1S/C28H26N4O3S2/c1-2-3-4-17-34-24-15-13-23(14-16-24)28-32-31-27(37-28)22-11-9-21(10-12-22)26-30-29-25(36-26)20-7-5-19(6-8-20)18-35-33/h5-16,33H,2-4,17-18H2,1H3. The van der Waals surface area contributed by atoms with Crippen LogP contribution in [0.1, 0.15) is 31.7 Å². The summed E-state index contributed by atoms with van der Waals surface area (Å²) >= 11 is 3.10. The van der Waals surface area contributed by atoms with E-state index in [0.29, 0.717) is 0 Å². The van der Waals surface area contributed by atoms with Crippen molar-refractivity contribution < 1.29 is 14.9 Å². The zero-order valence-corrected chi connectivity index (χ0v) is 22.0. The van der Waals surface area contributed by atoms with Crippen LogP contribution in [0.4, 0.5) is 0 Å². The Hall–Kier alpha value is -3.50. The highest BCUT2D eigenvalue weighted by Crippen LogP contribution is 2.34. The molecule has 2 heterocycles. The molecule has 0 amide bonds. The molecule has 5 aromatic rings. The predicted molar refractivity (Wildman–Crippen MR) is 148 cm³/mol. The Labute approximate surface area is 223 Å². The molecule has 5 rings (SSSR count). The topological polar surface area (TPSA) is 90.3 Å². The largest absolute Gasteiger partial charge is 0.494 e. The van der Waals surface area contributed by atoms with E-state index < -0.39 is 0 Å². The second kappa shape index (κ2) is 12.2. The van der Waals surface area contributed by atoms with E-state index in [2.05, 4.69) is 32.2 Å². The van der Waals surface area contributed by atoms with Crippen molar-refractivity contribution in [3.63, 3.8) is 0 Å². The second-order valence-electron chi connectivity index (χ2n) is 8.45. The van der Waals surface area contributed by atoms with Crippen molar-refractivity contribution in [1.29, 1.82) is 0 Å². The van der Waals surface area contributed by atoms with E-state index in [-0.39, 0.29) is 6.61 Å². The van der Waals surface area contributed by atoms with Crippen molar-refractivity contribution in [3.05, 3.63) is 78.4 Å². The zero-order chi connectivity index (χ0) is 25.5. The number of benzene rings is 3. The van der Waals surface area contributed by atoms with E-state index in [0.717, 1.165) is 66.6 Å². The minimum atomic E-state index is 0.157. The van der Waals surface area contributed by atoms with Gasteiger partial charge in [-0.15, -0.1) is 20.4 Å². The molecule has 0 radical (unpaired) electrons. The van der Waals surface area contributed by atoms with Crippen molar-refractivity contribution >= 4 is 22.7 Å². The van der Waals surface area contributed by atoms with E-state index in [1.54, 1.807) is 11.3 Å². The van der Waals surface area contributed by atoms with Gasteiger partial charge in [-0.3, -0.25) is 5.26 Å². The van der Waals surface area contributed by atoms with Gasteiger partial charge >= 0.3 is 0 Å². The summed E-state index contributed by atoms with van der Waals surface area (Å²) in [6.45, 7) is 3.09. The van der Waals surface area contributed by atoms with Gasteiger partial charge in [0.05, 0.1) is 6.61 Å². The number of ether oxygens (including phenoxy) is 1. The molecule has 0 spiro atoms. The minimum absolute atomic E-state index is 0.157. The number of aromatic nitrogens is 4. The van der Waals surface area contributed by atoms with Crippen molar-refractivity contribution in [2.45, 2.75) is 32.8 Å². The quantitative estimate of drug-likeness (QED) is 0.107. The molecule has 0 saturated carbocycles. The lowest BCUT2D eigenvalue weighted by Gasteiger charge is -2.05. The monoisotopic (exact) mass is 530 g/mol. The Kier molecular flexibility index (Phi) is 8.27. The molecule has 2 aromatic heterocycles. The van der Waals surface area contributed by atoms with Gasteiger partial charge in [0.1, 0.15) is 32.4 Å². The van der Waals surface area contributed by atoms with E-state index in [4.69, 9.17) is 9.99 Å². The lowest BCUT2D eigenvalue weighted by molar-refractivity contribution is -0.253. The Balaban J connectivity index is 1.24. The molecule has 0 aliphatic carbocycles. The van der Waals surface area contributed by atoms with Crippen molar-refractivity contribution in [3.8, 4) is 48.0 Å². The van der Waals surface area contributed by atoms with Gasteiger partial charge in [0.15, 0.2) is 0 Å². The van der Waals surface area contributed by atoms with Crippen LogP contribution in [0.3, 0.4) is 0 Å². The molecule has 0 bridgehead atoms. The van der Waals surface area contributed by atoms with Crippen LogP contribution in [0, 0.1) is 0 Å². The maximum absolute atomic E-state index is 8.60. The smallest absolute Gasteiger partial charge is 0.148 e. The molecule has 0 aliphatic heterocycles. The average Bonchev–Trinajstić information content (AvgIpc) is 3.63. The lowest BCUT2D eigenvalue weighted by Crippen LogP contribution is -1.96. The number of rotatable bonds is 11. The fraction of sp³-hybridized carbons (Fsp3) is 0.214. The highest BCUT2D eigenvalue weighted by atomic mass is 32.1. The minimum Gasteiger partial charge on any atom is -0.494 e. The van der Waals surface area contributed by atoms with Crippen LogP contribution >= 0.6 is 22.7 Å². The summed E-state index contributed by atoms with van der Waals surface area (Å²) in [6.07, 6.45) is 3.45. The van der Waals surface area contributed by atoms with Gasteiger partial charge in [-0.2, -0.15) is 0 Å². The summed E-state index contributed by atoms with van der Waals surface area (Å²) in [6, 6.07) is 23.9. The molecule has 0 unspecified atom stereocenters. The van der Waals surface area contributed by atoms with Crippen molar-refractivity contribution in [1.82, 2.24) is 20.4 Å². The summed E-state index contributed by atoms with van der Waals surface area (Å²) in [5.41, 5.74) is 4.89. The molecule has 1 N–H and O–H groups in total. The van der Waals surface area contributed by atoms with E-state index >= 15 is 0 Å². The Morgan fingerprint density at radius 1 is 0.622 bits per heavy atom. The summed E-state index contributed by atoms with van der Waals surface area (Å²) in [4.78, 5) is 4.19. The van der Waals surface area contributed by atoms with Gasteiger partial charge in [0, 0.05) is 22.3 Å². The number of hydrogen-bond acceptors (Lipinski definition) is 9. The fourth-order valence-corrected chi connectivity index (χ4v) is 5.43. The van der Waals surface area contributed by atoms with Crippen LogP contribution < -0.4 is 4.74 Å².